The Morgan fingerprint density at radius 2 is 1.43 bits per heavy atom. The molecular weight excluding hydrogens is 362 g/mol. The summed E-state index contributed by atoms with van der Waals surface area (Å²) in [5, 5.41) is 4.90. The van der Waals surface area contributed by atoms with Crippen molar-refractivity contribution in [3.8, 4) is 5.69 Å². The number of nitrogens with one attached hydrogen (secondary N) is 1. The van der Waals surface area contributed by atoms with Crippen molar-refractivity contribution in [1.29, 1.82) is 0 Å². The molecule has 0 radical (unpaired) electrons. The molecule has 0 aliphatic heterocycles. The maximum absolute atomic E-state index is 4.90. The number of hydrogen-bond donors (Lipinski definition) is 1. The van der Waals surface area contributed by atoms with Gasteiger partial charge >= 0.3 is 0 Å². The van der Waals surface area contributed by atoms with Crippen molar-refractivity contribution in [3.05, 3.63) is 108 Å². The third-order valence-electron chi connectivity index (χ3n) is 4.58. The molecule has 0 spiro atoms. The summed E-state index contributed by atoms with van der Waals surface area (Å²) in [5.74, 6) is 1.98. The lowest BCUT2D eigenvalue weighted by Gasteiger charge is -2.08. The molecule has 0 saturated heterocycles. The average Bonchev–Trinajstić information content (AvgIpc) is 3.16. The van der Waals surface area contributed by atoms with Crippen LogP contribution in [0, 0.1) is 0 Å². The Hall–Kier alpha value is -2.98. The van der Waals surface area contributed by atoms with Crippen LogP contribution in [0.2, 0.25) is 0 Å². The molecule has 1 atom stereocenters. The Kier molecular flexibility index (Phi) is 5.78. The molecule has 0 amide bonds. The molecule has 0 aliphatic carbocycles. The van der Waals surface area contributed by atoms with E-state index in [4.69, 9.17) is 5.10 Å². The highest BCUT2D eigenvalue weighted by Crippen LogP contribution is 2.24. The van der Waals surface area contributed by atoms with Crippen LogP contribution in [0.15, 0.2) is 102 Å². The Labute approximate surface area is 169 Å². The van der Waals surface area contributed by atoms with Crippen LogP contribution in [0.5, 0.6) is 0 Å². The second-order valence-electron chi connectivity index (χ2n) is 6.54. The van der Waals surface area contributed by atoms with E-state index in [1.54, 1.807) is 0 Å². The van der Waals surface area contributed by atoms with Crippen LogP contribution >= 0.6 is 0 Å². The summed E-state index contributed by atoms with van der Waals surface area (Å²) in [6.45, 7) is 2.22. The van der Waals surface area contributed by atoms with E-state index < -0.39 is 0 Å². The number of benzene rings is 3. The van der Waals surface area contributed by atoms with Gasteiger partial charge in [-0.3, -0.25) is 0 Å². The van der Waals surface area contributed by atoms with E-state index in [1.165, 1.54) is 16.0 Å². The van der Waals surface area contributed by atoms with Gasteiger partial charge in [-0.1, -0.05) is 66.7 Å². The third-order valence-corrected chi connectivity index (χ3v) is 6.44. The minimum Gasteiger partial charge on any atom is -0.238 e. The summed E-state index contributed by atoms with van der Waals surface area (Å²) in [7, 11) is 0. The number of para-hydroxylation sites is 1. The van der Waals surface area contributed by atoms with E-state index in [9.17, 15) is 0 Å². The van der Waals surface area contributed by atoms with Crippen molar-refractivity contribution in [1.82, 2.24) is 9.78 Å². The van der Waals surface area contributed by atoms with Gasteiger partial charge < -0.3 is 0 Å². The van der Waals surface area contributed by atoms with E-state index in [-0.39, 0.29) is 11.1 Å². The number of anilines is 1. The Morgan fingerprint density at radius 1 is 0.821 bits per heavy atom. The smallest absolute Gasteiger partial charge is 0.195 e. The number of rotatable bonds is 7. The molecule has 3 aromatic carbocycles. The highest BCUT2D eigenvalue weighted by atomic mass is 32.2. The molecule has 4 aromatic rings. The second-order valence-corrected chi connectivity index (χ2v) is 8.57. The first-order valence-electron chi connectivity index (χ1n) is 9.54. The summed E-state index contributed by atoms with van der Waals surface area (Å²) < 4.78 is 5.69. The molecule has 3 nitrogen and oxygen atoms in total. The molecule has 0 fully saturated rings. The van der Waals surface area contributed by atoms with Crippen LogP contribution in [0.1, 0.15) is 18.1 Å². The van der Waals surface area contributed by atoms with Crippen LogP contribution in [-0.2, 0) is 17.5 Å². The largest absolute Gasteiger partial charge is 0.238 e. The van der Waals surface area contributed by atoms with E-state index in [0.29, 0.717) is 0 Å². The molecule has 28 heavy (non-hydrogen) atoms. The van der Waals surface area contributed by atoms with Crippen molar-refractivity contribution >= 4 is 16.9 Å². The second kappa shape index (κ2) is 8.81. The molecule has 1 aromatic heterocycles. The van der Waals surface area contributed by atoms with Crippen molar-refractivity contribution in [2.75, 3.05) is 10.5 Å². The molecule has 0 bridgehead atoms. The first kappa shape index (κ1) is 18.4. The van der Waals surface area contributed by atoms with Crippen LogP contribution < -0.4 is 4.72 Å². The van der Waals surface area contributed by atoms with Gasteiger partial charge in [0.25, 0.3) is 0 Å². The van der Waals surface area contributed by atoms with Gasteiger partial charge in [0.2, 0.25) is 0 Å². The number of hydrogen-bond acceptors (Lipinski definition) is 2. The molecular formula is C24H24N3S+. The topological polar surface area (TPSA) is 29.9 Å². The quantitative estimate of drug-likeness (QED) is 0.426. The zero-order valence-corrected chi connectivity index (χ0v) is 16.8. The van der Waals surface area contributed by atoms with E-state index in [0.717, 1.165) is 23.7 Å². The maximum Gasteiger partial charge on any atom is 0.195 e. The lowest BCUT2D eigenvalue weighted by atomic mass is 10.1. The summed E-state index contributed by atoms with van der Waals surface area (Å²) in [5.41, 5.74) is 3.56. The van der Waals surface area contributed by atoms with Crippen LogP contribution in [0.25, 0.3) is 5.69 Å². The molecule has 4 heteroatoms. The van der Waals surface area contributed by atoms with E-state index in [2.05, 4.69) is 90.6 Å². The van der Waals surface area contributed by atoms with Gasteiger partial charge in [-0.25, -0.2) is 4.68 Å². The van der Waals surface area contributed by atoms with E-state index >= 15 is 0 Å². The fourth-order valence-electron chi connectivity index (χ4n) is 3.15. The number of aromatic nitrogens is 2. The van der Waals surface area contributed by atoms with Gasteiger partial charge in [0.1, 0.15) is 16.8 Å². The van der Waals surface area contributed by atoms with E-state index in [1.807, 2.05) is 22.9 Å². The normalized spacial score (nSPS) is 11.9. The highest BCUT2D eigenvalue weighted by molar-refractivity contribution is 7.98. The molecule has 1 N–H and O–H groups in total. The molecule has 140 valence electrons. The van der Waals surface area contributed by atoms with Gasteiger partial charge in [0.05, 0.1) is 5.69 Å². The zero-order chi connectivity index (χ0) is 19.2. The fraction of sp³-hybridized carbons (Fsp3) is 0.125. The monoisotopic (exact) mass is 386 g/mol. The molecule has 0 aliphatic rings. The van der Waals surface area contributed by atoms with Gasteiger partial charge in [0, 0.05) is 18.2 Å². The van der Waals surface area contributed by atoms with Gasteiger partial charge in [-0.2, -0.15) is 4.72 Å². The standard InChI is InChI=1S/C24H24N3S/c1-2-28(23-16-10-5-11-17-23)26-24-21(18-20-12-6-3-7-13-20)19-27(25-24)22-14-8-4-9-15-22/h3-17,19H,2,18H2,1H3,(H,25,26)/q+1. The molecule has 1 heterocycles. The lowest BCUT2D eigenvalue weighted by Crippen LogP contribution is -2.17. The van der Waals surface area contributed by atoms with Crippen LogP contribution in [0.4, 0.5) is 5.82 Å². The minimum atomic E-state index is -0.0830. The van der Waals surface area contributed by atoms with Crippen LogP contribution in [0.3, 0.4) is 0 Å². The first-order chi connectivity index (χ1) is 13.8. The van der Waals surface area contributed by atoms with Gasteiger partial charge in [-0.05, 0) is 36.8 Å². The Balaban J connectivity index is 1.68. The minimum absolute atomic E-state index is 0.0830. The summed E-state index contributed by atoms with van der Waals surface area (Å²) in [4.78, 5) is 1.31. The summed E-state index contributed by atoms with van der Waals surface area (Å²) in [6.07, 6.45) is 3.00. The Morgan fingerprint density at radius 3 is 2.07 bits per heavy atom. The number of nitrogens with zero attached hydrogens (tertiary/aromatic N) is 2. The third kappa shape index (κ3) is 4.29. The van der Waals surface area contributed by atoms with Crippen molar-refractivity contribution < 1.29 is 0 Å². The Bertz CT molecular complexity index is 998. The van der Waals surface area contributed by atoms with Gasteiger partial charge in [-0.15, -0.1) is 5.10 Å². The predicted molar refractivity (Wildman–Crippen MR) is 119 cm³/mol. The lowest BCUT2D eigenvalue weighted by molar-refractivity contribution is 0.885. The first-order valence-corrected chi connectivity index (χ1v) is 10.9. The van der Waals surface area contributed by atoms with Crippen molar-refractivity contribution in [2.45, 2.75) is 18.2 Å². The predicted octanol–water partition coefficient (Wildman–Crippen LogP) is 5.49. The maximum atomic E-state index is 4.90. The van der Waals surface area contributed by atoms with Gasteiger partial charge in [0.15, 0.2) is 10.7 Å². The molecule has 4 rings (SSSR count). The summed E-state index contributed by atoms with van der Waals surface area (Å²) in [6, 6.07) is 31.5. The molecule has 0 saturated carbocycles. The van der Waals surface area contributed by atoms with Crippen LogP contribution in [-0.4, -0.2) is 15.5 Å². The highest BCUT2D eigenvalue weighted by Gasteiger charge is 2.23. The average molecular weight is 387 g/mol. The fourth-order valence-corrected chi connectivity index (χ4v) is 4.64. The summed E-state index contributed by atoms with van der Waals surface area (Å²) >= 11 is -0.0830. The molecule has 1 unspecified atom stereocenters. The van der Waals surface area contributed by atoms with Crippen molar-refractivity contribution in [3.63, 3.8) is 0 Å². The SMILES string of the molecule is CC[S+](Nc1nn(-c2ccccc2)cc1Cc1ccccc1)c1ccccc1. The van der Waals surface area contributed by atoms with Crippen molar-refractivity contribution in [2.24, 2.45) is 0 Å². The zero-order valence-electron chi connectivity index (χ0n) is 16.0.